The number of nitrogens with zero attached hydrogens (tertiary/aromatic N) is 2. The lowest BCUT2D eigenvalue weighted by Crippen LogP contribution is -2.10. The zero-order valence-electron chi connectivity index (χ0n) is 11.0. The number of hydrogen-bond donors (Lipinski definition) is 1. The number of anilines is 1. The van der Waals surface area contributed by atoms with Crippen molar-refractivity contribution in [1.29, 1.82) is 0 Å². The maximum absolute atomic E-state index is 14.0. The monoisotopic (exact) mass is 248 g/mol. The smallest absolute Gasteiger partial charge is 0.149 e. The first kappa shape index (κ1) is 12.8. The summed E-state index contributed by atoms with van der Waals surface area (Å²) in [4.78, 5) is 6.15. The molecule has 0 fully saturated rings. The van der Waals surface area contributed by atoms with Crippen molar-refractivity contribution in [2.24, 2.45) is 0 Å². The van der Waals surface area contributed by atoms with E-state index in [0.29, 0.717) is 11.1 Å². The number of aryl methyl sites for hydroxylation is 1. The van der Waals surface area contributed by atoms with Gasteiger partial charge in [0.25, 0.3) is 0 Å². The van der Waals surface area contributed by atoms with Gasteiger partial charge in [0.2, 0.25) is 0 Å². The van der Waals surface area contributed by atoms with E-state index in [9.17, 15) is 9.50 Å². The molecule has 0 amide bonds. The molecule has 0 aliphatic heterocycles. The van der Waals surface area contributed by atoms with Crippen molar-refractivity contribution in [3.05, 3.63) is 35.3 Å². The lowest BCUT2D eigenvalue weighted by molar-refractivity contribution is 0.199. The van der Waals surface area contributed by atoms with Gasteiger partial charge in [0.05, 0.1) is 6.10 Å². The average Bonchev–Trinajstić information content (AvgIpc) is 2.28. The summed E-state index contributed by atoms with van der Waals surface area (Å²) in [6, 6.07) is 5.05. The molecule has 2 rings (SSSR count). The van der Waals surface area contributed by atoms with Crippen LogP contribution in [0.25, 0.3) is 10.9 Å². The van der Waals surface area contributed by atoms with Crippen molar-refractivity contribution in [1.82, 2.24) is 4.98 Å². The second-order valence-corrected chi connectivity index (χ2v) is 4.75. The predicted molar refractivity (Wildman–Crippen MR) is 71.4 cm³/mol. The SMILES string of the molecule is Cc1cc(N(C)C)c2cc(C(C)O)cc(F)c2n1. The molecule has 0 spiro atoms. The van der Waals surface area contributed by atoms with Crippen molar-refractivity contribution >= 4 is 16.6 Å². The molecular weight excluding hydrogens is 231 g/mol. The normalized spacial score (nSPS) is 12.8. The van der Waals surface area contributed by atoms with Crippen LogP contribution in [0.15, 0.2) is 18.2 Å². The van der Waals surface area contributed by atoms with Gasteiger partial charge in [-0.2, -0.15) is 0 Å². The molecule has 1 unspecified atom stereocenters. The van der Waals surface area contributed by atoms with Crippen molar-refractivity contribution in [2.45, 2.75) is 20.0 Å². The van der Waals surface area contributed by atoms with Crippen LogP contribution in [0.1, 0.15) is 24.3 Å². The van der Waals surface area contributed by atoms with Crippen LogP contribution in [-0.4, -0.2) is 24.2 Å². The molecule has 1 aromatic heterocycles. The van der Waals surface area contributed by atoms with Crippen LogP contribution in [0.5, 0.6) is 0 Å². The van der Waals surface area contributed by atoms with E-state index in [1.54, 1.807) is 13.0 Å². The lowest BCUT2D eigenvalue weighted by atomic mass is 10.0. The van der Waals surface area contributed by atoms with Crippen LogP contribution in [0.4, 0.5) is 10.1 Å². The molecule has 3 nitrogen and oxygen atoms in total. The highest BCUT2D eigenvalue weighted by atomic mass is 19.1. The second kappa shape index (κ2) is 4.53. The number of benzene rings is 1. The molecule has 18 heavy (non-hydrogen) atoms. The van der Waals surface area contributed by atoms with Gasteiger partial charge in [-0.3, -0.25) is 0 Å². The Kier molecular flexibility index (Phi) is 3.22. The van der Waals surface area contributed by atoms with Crippen molar-refractivity contribution < 1.29 is 9.50 Å². The summed E-state index contributed by atoms with van der Waals surface area (Å²) < 4.78 is 14.0. The summed E-state index contributed by atoms with van der Waals surface area (Å²) in [6.07, 6.45) is -0.694. The third-order valence-electron chi connectivity index (χ3n) is 2.96. The fourth-order valence-electron chi connectivity index (χ4n) is 2.02. The van der Waals surface area contributed by atoms with Gasteiger partial charge in [0.15, 0.2) is 0 Å². The average molecular weight is 248 g/mol. The molecular formula is C14H17FN2O. The number of halogens is 1. The van der Waals surface area contributed by atoms with Crippen molar-refractivity contribution in [3.63, 3.8) is 0 Å². The van der Waals surface area contributed by atoms with Gasteiger partial charge in [0, 0.05) is 30.9 Å². The largest absolute Gasteiger partial charge is 0.389 e. The molecule has 0 saturated carbocycles. The van der Waals surface area contributed by atoms with E-state index < -0.39 is 11.9 Å². The number of aliphatic hydroxyl groups is 1. The third-order valence-corrected chi connectivity index (χ3v) is 2.96. The first-order chi connectivity index (χ1) is 8.40. The topological polar surface area (TPSA) is 36.4 Å². The number of fused-ring (bicyclic) bond motifs is 1. The van der Waals surface area contributed by atoms with Crippen LogP contribution >= 0.6 is 0 Å². The van der Waals surface area contributed by atoms with E-state index in [-0.39, 0.29) is 0 Å². The fourth-order valence-corrected chi connectivity index (χ4v) is 2.02. The van der Waals surface area contributed by atoms with Crippen LogP contribution in [0.2, 0.25) is 0 Å². The maximum atomic E-state index is 14.0. The number of hydrogen-bond acceptors (Lipinski definition) is 3. The van der Waals surface area contributed by atoms with Gasteiger partial charge in [-0.15, -0.1) is 0 Å². The molecule has 0 bridgehead atoms. The fraction of sp³-hybridized carbons (Fsp3) is 0.357. The Bertz CT molecular complexity index is 594. The van der Waals surface area contributed by atoms with Gasteiger partial charge in [0.1, 0.15) is 11.3 Å². The van der Waals surface area contributed by atoms with Gasteiger partial charge >= 0.3 is 0 Å². The van der Waals surface area contributed by atoms with Crippen LogP contribution in [-0.2, 0) is 0 Å². The Hall–Kier alpha value is -1.68. The summed E-state index contributed by atoms with van der Waals surface area (Å²) in [6.45, 7) is 3.46. The first-order valence-corrected chi connectivity index (χ1v) is 5.86. The summed E-state index contributed by atoms with van der Waals surface area (Å²) in [5.74, 6) is -0.393. The van der Waals surface area contributed by atoms with E-state index in [0.717, 1.165) is 16.8 Å². The van der Waals surface area contributed by atoms with E-state index >= 15 is 0 Å². The zero-order valence-corrected chi connectivity index (χ0v) is 11.0. The van der Waals surface area contributed by atoms with E-state index in [1.807, 2.05) is 32.0 Å². The van der Waals surface area contributed by atoms with Crippen LogP contribution in [0.3, 0.4) is 0 Å². The Labute approximate surface area is 106 Å². The molecule has 4 heteroatoms. The number of pyridine rings is 1. The van der Waals surface area contributed by atoms with Crippen molar-refractivity contribution in [3.8, 4) is 0 Å². The number of rotatable bonds is 2. The lowest BCUT2D eigenvalue weighted by Gasteiger charge is -2.17. The second-order valence-electron chi connectivity index (χ2n) is 4.75. The molecule has 96 valence electrons. The summed E-state index contributed by atoms with van der Waals surface area (Å²) in [7, 11) is 3.81. The third kappa shape index (κ3) is 2.16. The highest BCUT2D eigenvalue weighted by Crippen LogP contribution is 2.30. The van der Waals surface area contributed by atoms with Gasteiger partial charge in [-0.1, -0.05) is 0 Å². The minimum atomic E-state index is -0.694. The summed E-state index contributed by atoms with van der Waals surface area (Å²) >= 11 is 0. The summed E-state index contributed by atoms with van der Waals surface area (Å²) in [5.41, 5.74) is 2.59. The molecule has 0 aliphatic rings. The van der Waals surface area contributed by atoms with Gasteiger partial charge in [-0.05, 0) is 37.6 Å². The predicted octanol–water partition coefficient (Wildman–Crippen LogP) is 2.80. The maximum Gasteiger partial charge on any atom is 0.149 e. The molecule has 1 aromatic carbocycles. The Morgan fingerprint density at radius 3 is 2.50 bits per heavy atom. The van der Waals surface area contributed by atoms with E-state index in [4.69, 9.17) is 0 Å². The quantitative estimate of drug-likeness (QED) is 0.887. The summed E-state index contributed by atoms with van der Waals surface area (Å²) in [5, 5.41) is 10.3. The highest BCUT2D eigenvalue weighted by Gasteiger charge is 2.13. The highest BCUT2D eigenvalue weighted by molar-refractivity contribution is 5.92. The number of aromatic nitrogens is 1. The standard InChI is InChI=1S/C14H17FN2O/c1-8-5-13(17(3)4)11-6-10(9(2)18)7-12(15)14(11)16-8/h5-7,9,18H,1-4H3. The van der Waals surface area contributed by atoms with Crippen molar-refractivity contribution in [2.75, 3.05) is 19.0 Å². The Morgan fingerprint density at radius 2 is 1.94 bits per heavy atom. The van der Waals surface area contributed by atoms with E-state index in [2.05, 4.69) is 4.98 Å². The Balaban J connectivity index is 2.84. The molecule has 0 aliphatic carbocycles. The molecule has 0 radical (unpaired) electrons. The van der Waals surface area contributed by atoms with Crippen LogP contribution < -0.4 is 4.90 Å². The molecule has 2 aromatic rings. The first-order valence-electron chi connectivity index (χ1n) is 5.86. The molecule has 1 heterocycles. The van der Waals surface area contributed by atoms with Gasteiger partial charge in [-0.25, -0.2) is 9.37 Å². The number of aliphatic hydroxyl groups excluding tert-OH is 1. The molecule has 0 saturated heterocycles. The molecule has 1 atom stereocenters. The zero-order chi connectivity index (χ0) is 13.4. The van der Waals surface area contributed by atoms with Crippen LogP contribution in [0, 0.1) is 12.7 Å². The minimum Gasteiger partial charge on any atom is -0.389 e. The minimum absolute atomic E-state index is 0.350. The molecule has 1 N–H and O–H groups in total. The van der Waals surface area contributed by atoms with E-state index in [1.165, 1.54) is 6.07 Å². The Morgan fingerprint density at radius 1 is 1.28 bits per heavy atom. The van der Waals surface area contributed by atoms with Gasteiger partial charge < -0.3 is 10.0 Å².